The Morgan fingerprint density at radius 2 is 0.500 bits per heavy atom. The molecule has 0 heterocycles. The van der Waals surface area contributed by atoms with Gasteiger partial charge in [0.2, 0.25) is 0 Å². The fourth-order valence-electron chi connectivity index (χ4n) is 0. The van der Waals surface area contributed by atoms with Crippen molar-refractivity contribution in [2.75, 3.05) is 0 Å². The molecule has 31 valence electrons. The normalized spacial score (nSPS) is 0. The van der Waals surface area contributed by atoms with Crippen molar-refractivity contribution in [1.29, 1.82) is 0 Å². The Morgan fingerprint density at radius 1 is 0.500 bits per heavy atom. The van der Waals surface area contributed by atoms with Gasteiger partial charge in [-0.05, 0) is 0 Å². The maximum atomic E-state index is 0. The molecule has 0 nitrogen and oxygen atoms in total. The van der Waals surface area contributed by atoms with Crippen LogP contribution in [0.15, 0.2) is 0 Å². The maximum Gasteiger partial charge on any atom is 0 e. The van der Waals surface area contributed by atoms with Crippen LogP contribution in [0.5, 0.6) is 0 Å². The van der Waals surface area contributed by atoms with Crippen LogP contribution in [-0.2, 0) is 20.1 Å². The second-order valence-corrected chi connectivity index (χ2v) is 0. The van der Waals surface area contributed by atoms with E-state index < -0.39 is 0 Å². The predicted molar refractivity (Wildman–Crippen MR) is 0 cm³/mol. The van der Waals surface area contributed by atoms with E-state index >= 15 is 0 Å². The van der Waals surface area contributed by atoms with Gasteiger partial charge in [0.1, 0.15) is 0 Å². The molecule has 0 aliphatic heterocycles. The SMILES string of the molecule is [I-].[I-].[I-].[Tc]. The smallest absolute Gasteiger partial charge is 0 e. The first-order chi connectivity index (χ1) is 0. The molecule has 0 bridgehead atoms. The van der Waals surface area contributed by atoms with Gasteiger partial charge in [0.05, 0.1) is 0 Å². The fraction of sp³-hybridized carbons (Fsp3) is 0. The largest absolute Gasteiger partial charge is 1.00 e. The van der Waals surface area contributed by atoms with Gasteiger partial charge >= 0.3 is 0 Å². The molecule has 0 saturated carbocycles. The van der Waals surface area contributed by atoms with Crippen LogP contribution in [0.4, 0.5) is 0 Å². The molecule has 0 aromatic heterocycles. The van der Waals surface area contributed by atoms with Gasteiger partial charge in [-0.3, -0.25) is 0 Å². The Kier molecular flexibility index (Phi) is 123. The van der Waals surface area contributed by atoms with E-state index in [4.69, 9.17) is 0 Å². The molecule has 0 atom stereocenters. The van der Waals surface area contributed by atoms with Crippen molar-refractivity contribution >= 4 is 0 Å². The Bertz CT molecular complexity index is 3.25. The van der Waals surface area contributed by atoms with Crippen LogP contribution in [0.2, 0.25) is 0 Å². The van der Waals surface area contributed by atoms with Crippen LogP contribution < -0.4 is 71.9 Å². The van der Waals surface area contributed by atoms with Crippen molar-refractivity contribution in [3.05, 3.63) is 0 Å². The molecular formula is I3Tc-3. The second-order valence-electron chi connectivity index (χ2n) is 0. The predicted octanol–water partition coefficient (Wildman–Crippen LogP) is -8.99. The van der Waals surface area contributed by atoms with Crippen LogP contribution in [0, 0.1) is 0 Å². The van der Waals surface area contributed by atoms with Gasteiger partial charge in [-0.1, -0.05) is 0 Å². The quantitative estimate of drug-likeness (QED) is 0.304. The molecule has 4 heavy (non-hydrogen) atoms. The molecule has 0 N–H and O–H groups in total. The van der Waals surface area contributed by atoms with E-state index in [-0.39, 0.29) is 92.0 Å². The summed E-state index contributed by atoms with van der Waals surface area (Å²) in [5.41, 5.74) is 0. The first kappa shape index (κ1) is 28.9. The Balaban J connectivity index is 0. The van der Waals surface area contributed by atoms with E-state index in [2.05, 4.69) is 0 Å². The minimum absolute atomic E-state index is 0. The third-order valence-corrected chi connectivity index (χ3v) is 0. The topological polar surface area (TPSA) is 0 Å². The van der Waals surface area contributed by atoms with Crippen LogP contribution in [0.3, 0.4) is 0 Å². The molecule has 0 amide bonds. The molecular weight excluding hydrogens is 479 g/mol. The maximum absolute atomic E-state index is 0. The fourth-order valence-corrected chi connectivity index (χ4v) is 0. The molecule has 0 unspecified atom stereocenters. The second kappa shape index (κ2) is 17.0. The summed E-state index contributed by atoms with van der Waals surface area (Å²) in [7, 11) is 0. The number of hydrogen-bond donors (Lipinski definition) is 0. The summed E-state index contributed by atoms with van der Waals surface area (Å²) in [4.78, 5) is 0. The van der Waals surface area contributed by atoms with Crippen molar-refractivity contribution < 1.29 is 92.0 Å². The molecule has 0 aromatic rings. The molecule has 0 fully saturated rings. The van der Waals surface area contributed by atoms with Gasteiger partial charge in [0.25, 0.3) is 0 Å². The zero-order valence-corrected chi connectivity index (χ0v) is 9.84. The summed E-state index contributed by atoms with van der Waals surface area (Å²) in [6.45, 7) is 0. The molecule has 4 heteroatoms. The third-order valence-electron chi connectivity index (χ3n) is 0. The molecule has 0 rings (SSSR count). The summed E-state index contributed by atoms with van der Waals surface area (Å²) in [5, 5.41) is 0. The summed E-state index contributed by atoms with van der Waals surface area (Å²) in [6, 6.07) is 0. The van der Waals surface area contributed by atoms with E-state index in [9.17, 15) is 0 Å². The van der Waals surface area contributed by atoms with Gasteiger partial charge in [-0.25, -0.2) is 0 Å². The van der Waals surface area contributed by atoms with Gasteiger partial charge in [-0.2, -0.15) is 0 Å². The average molecular weight is 479 g/mol. The van der Waals surface area contributed by atoms with Crippen molar-refractivity contribution in [2.45, 2.75) is 0 Å². The summed E-state index contributed by atoms with van der Waals surface area (Å²) >= 11 is 0. The van der Waals surface area contributed by atoms with E-state index in [1.165, 1.54) is 0 Å². The number of hydrogen-bond acceptors (Lipinski definition) is 0. The van der Waals surface area contributed by atoms with Crippen LogP contribution >= 0.6 is 0 Å². The summed E-state index contributed by atoms with van der Waals surface area (Å²) in [6.07, 6.45) is 0. The van der Waals surface area contributed by atoms with E-state index in [1.54, 1.807) is 0 Å². The molecule has 1 radical (unpaired) electrons. The first-order valence-electron chi connectivity index (χ1n) is 0. The number of halogens is 3. The van der Waals surface area contributed by atoms with Gasteiger partial charge in [-0.15, -0.1) is 0 Å². The Labute approximate surface area is 90.3 Å². The van der Waals surface area contributed by atoms with Crippen LogP contribution in [-0.4, -0.2) is 0 Å². The van der Waals surface area contributed by atoms with Crippen LogP contribution in [0.1, 0.15) is 0 Å². The van der Waals surface area contributed by atoms with Crippen LogP contribution in [0.25, 0.3) is 0 Å². The molecule has 0 aliphatic rings. The van der Waals surface area contributed by atoms with Gasteiger partial charge < -0.3 is 71.9 Å². The van der Waals surface area contributed by atoms with E-state index in [1.807, 2.05) is 0 Å². The molecule has 0 saturated heterocycles. The van der Waals surface area contributed by atoms with Crippen molar-refractivity contribution in [3.8, 4) is 0 Å². The average Bonchev–Trinajstić information content (AvgIpc) is 0. The molecule has 0 aromatic carbocycles. The summed E-state index contributed by atoms with van der Waals surface area (Å²) < 4.78 is 0. The van der Waals surface area contributed by atoms with Gasteiger partial charge in [0, 0.05) is 20.1 Å². The zero-order chi connectivity index (χ0) is 0. The monoisotopic (exact) mass is 478 g/mol. The third kappa shape index (κ3) is 8.85. The van der Waals surface area contributed by atoms with E-state index in [0.717, 1.165) is 0 Å². The van der Waals surface area contributed by atoms with E-state index in [0.29, 0.717) is 0 Å². The minimum atomic E-state index is 0. The summed E-state index contributed by atoms with van der Waals surface area (Å²) in [5.74, 6) is 0. The van der Waals surface area contributed by atoms with Crippen molar-refractivity contribution in [1.82, 2.24) is 0 Å². The Hall–Kier alpha value is 2.84. The minimum Gasteiger partial charge on any atom is -1.00 e. The first-order valence-corrected chi connectivity index (χ1v) is 0. The molecule has 0 aliphatic carbocycles. The standard InChI is InChI=1S/3HI.Tc/h3*1H;/p-3. The van der Waals surface area contributed by atoms with Crippen molar-refractivity contribution in [3.63, 3.8) is 0 Å². The van der Waals surface area contributed by atoms with Crippen molar-refractivity contribution in [2.24, 2.45) is 0 Å². The Morgan fingerprint density at radius 3 is 0.500 bits per heavy atom. The number of rotatable bonds is 0. The molecule has 0 spiro atoms. The zero-order valence-electron chi connectivity index (χ0n) is 1.51. The van der Waals surface area contributed by atoms with Gasteiger partial charge in [0.15, 0.2) is 0 Å².